The fraction of sp³-hybridized carbons (Fsp3) is 0.426. The van der Waals surface area contributed by atoms with Gasteiger partial charge in [-0.1, -0.05) is 36.4 Å². The zero-order valence-electron chi connectivity index (χ0n) is 34.8. The molecule has 0 radical (unpaired) electrons. The van der Waals surface area contributed by atoms with Crippen molar-refractivity contribution in [2.75, 3.05) is 58.1 Å². The van der Waals surface area contributed by atoms with E-state index in [4.69, 9.17) is 9.47 Å². The minimum atomic E-state index is -0.363. The Morgan fingerprint density at radius 2 is 1.40 bits per heavy atom. The van der Waals surface area contributed by atoms with Crippen molar-refractivity contribution >= 4 is 51.7 Å². The lowest BCUT2D eigenvalue weighted by Gasteiger charge is -2.39. The molecule has 0 bridgehead atoms. The standard InChI is InChI=1S/C47H55N5O7S/c1-50(30-42(54)58-2)29-41(53)51-25-23-38(24-26-51)52(37-21-22-37)28-33-7-6-8-35(27-33)44(55)49-46-43(39-9-4-5-10-40(39)60-46)45(56)48-36-19-15-32(16-20-36)12-11-31-13-17-34(18-14-31)47(57)59-3/h6-8,13-20,27,37-38H,4-5,9-12,21-26,28-30H2,1-3H3,(H,48,56)(H,49,55). The first-order valence-electron chi connectivity index (χ1n) is 21.0. The lowest BCUT2D eigenvalue weighted by atomic mass is 9.95. The van der Waals surface area contributed by atoms with Crippen LogP contribution in [0.15, 0.2) is 72.8 Å². The summed E-state index contributed by atoms with van der Waals surface area (Å²) in [5.41, 5.74) is 6.65. The Morgan fingerprint density at radius 1 is 0.733 bits per heavy atom. The number of esters is 2. The van der Waals surface area contributed by atoms with Crippen LogP contribution in [-0.2, 0) is 51.3 Å². The Balaban J connectivity index is 0.963. The smallest absolute Gasteiger partial charge is 0.337 e. The molecule has 12 nitrogen and oxygen atoms in total. The van der Waals surface area contributed by atoms with Gasteiger partial charge in [0.05, 0.1) is 38.4 Å². The van der Waals surface area contributed by atoms with Crippen LogP contribution < -0.4 is 10.6 Å². The van der Waals surface area contributed by atoms with Gasteiger partial charge < -0.3 is 25.0 Å². The highest BCUT2D eigenvalue weighted by Crippen LogP contribution is 2.39. The van der Waals surface area contributed by atoms with E-state index in [1.165, 1.54) is 25.6 Å². The van der Waals surface area contributed by atoms with Crippen LogP contribution in [0.5, 0.6) is 0 Å². The average Bonchev–Trinajstić information content (AvgIpc) is 4.05. The Hall–Kier alpha value is -5.37. The molecule has 2 aliphatic carbocycles. The second kappa shape index (κ2) is 19.8. The zero-order valence-corrected chi connectivity index (χ0v) is 35.6. The van der Waals surface area contributed by atoms with Crippen molar-refractivity contribution in [3.8, 4) is 0 Å². The number of thiophene rings is 1. The summed E-state index contributed by atoms with van der Waals surface area (Å²) in [5, 5.41) is 6.83. The maximum atomic E-state index is 14.0. The lowest BCUT2D eigenvalue weighted by Crippen LogP contribution is -2.49. The molecule has 3 aromatic carbocycles. The normalized spacial score (nSPS) is 15.4. The molecule has 3 amide bonds. The molecule has 0 atom stereocenters. The third-order valence-corrected chi connectivity index (χ3v) is 13.0. The molecule has 3 aliphatic rings. The topological polar surface area (TPSA) is 138 Å². The van der Waals surface area contributed by atoms with Crippen molar-refractivity contribution in [3.05, 3.63) is 117 Å². The van der Waals surface area contributed by atoms with Gasteiger partial charge in [0.1, 0.15) is 5.00 Å². The Morgan fingerprint density at radius 3 is 2.07 bits per heavy atom. The number of fused-ring (bicyclic) bond motifs is 1. The summed E-state index contributed by atoms with van der Waals surface area (Å²) in [4.78, 5) is 71.6. The third-order valence-electron chi connectivity index (χ3n) is 11.8. The first-order valence-corrected chi connectivity index (χ1v) is 21.8. The number of anilines is 2. The number of likely N-dealkylation sites (N-methyl/N-ethyl adjacent to an activating group) is 1. The number of benzene rings is 3. The molecule has 2 heterocycles. The number of hydrogen-bond donors (Lipinski definition) is 2. The third kappa shape index (κ3) is 10.9. The Labute approximate surface area is 356 Å². The summed E-state index contributed by atoms with van der Waals surface area (Å²) < 4.78 is 9.52. The van der Waals surface area contributed by atoms with E-state index in [1.807, 2.05) is 59.5 Å². The van der Waals surface area contributed by atoms with Crippen LogP contribution in [0, 0.1) is 0 Å². The minimum Gasteiger partial charge on any atom is -0.468 e. The zero-order chi connectivity index (χ0) is 42.2. The Kier molecular flexibility index (Phi) is 14.1. The number of hydrogen-bond acceptors (Lipinski definition) is 10. The molecule has 316 valence electrons. The molecule has 1 aromatic heterocycles. The quantitative estimate of drug-likeness (QED) is 0.117. The number of ether oxygens (including phenoxy) is 2. The monoisotopic (exact) mass is 833 g/mol. The van der Waals surface area contributed by atoms with Crippen LogP contribution in [0.25, 0.3) is 0 Å². The predicted molar refractivity (Wildman–Crippen MR) is 233 cm³/mol. The molecule has 2 fully saturated rings. The van der Waals surface area contributed by atoms with Gasteiger partial charge in [-0.3, -0.25) is 29.0 Å². The van der Waals surface area contributed by atoms with Crippen LogP contribution in [-0.4, -0.2) is 104 Å². The first-order chi connectivity index (χ1) is 29.1. The van der Waals surface area contributed by atoms with Crippen LogP contribution >= 0.6 is 11.3 Å². The number of nitrogens with zero attached hydrogens (tertiary/aromatic N) is 3. The molecule has 1 saturated heterocycles. The van der Waals surface area contributed by atoms with Gasteiger partial charge in [0, 0.05) is 47.8 Å². The van der Waals surface area contributed by atoms with E-state index in [0.717, 1.165) is 97.9 Å². The number of aryl methyl sites for hydroxylation is 3. The lowest BCUT2D eigenvalue weighted by molar-refractivity contribution is -0.142. The van der Waals surface area contributed by atoms with Gasteiger partial charge in [-0.25, -0.2) is 4.79 Å². The molecular weight excluding hydrogens is 779 g/mol. The fourth-order valence-electron chi connectivity index (χ4n) is 8.33. The Bertz CT molecular complexity index is 2170. The minimum absolute atomic E-state index is 0.0211. The van der Waals surface area contributed by atoms with Gasteiger partial charge in [-0.15, -0.1) is 11.3 Å². The van der Waals surface area contributed by atoms with Gasteiger partial charge in [0.2, 0.25) is 5.91 Å². The summed E-state index contributed by atoms with van der Waals surface area (Å²) in [6, 6.07) is 23.9. The number of carbonyl (C=O) groups excluding carboxylic acids is 5. The van der Waals surface area contributed by atoms with Gasteiger partial charge in [0.15, 0.2) is 0 Å². The molecule has 0 spiro atoms. The number of piperidine rings is 1. The van der Waals surface area contributed by atoms with E-state index >= 15 is 0 Å². The van der Waals surface area contributed by atoms with Crippen LogP contribution in [0.2, 0.25) is 0 Å². The molecule has 0 unspecified atom stereocenters. The van der Waals surface area contributed by atoms with Crippen molar-refractivity contribution in [2.45, 2.75) is 82.8 Å². The van der Waals surface area contributed by atoms with E-state index in [-0.39, 0.29) is 42.7 Å². The SMILES string of the molecule is COC(=O)CN(C)CC(=O)N1CCC(N(Cc2cccc(C(=O)Nc3sc4c(c3C(=O)Nc3ccc(CCc5ccc(C(=O)OC)cc5)cc3)CCCC4)c2)C2CC2)CC1. The van der Waals surface area contributed by atoms with E-state index in [0.29, 0.717) is 52.6 Å². The molecule has 60 heavy (non-hydrogen) atoms. The number of rotatable bonds is 16. The van der Waals surface area contributed by atoms with Crippen molar-refractivity contribution in [1.82, 2.24) is 14.7 Å². The van der Waals surface area contributed by atoms with Crippen molar-refractivity contribution in [3.63, 3.8) is 0 Å². The number of nitrogens with one attached hydrogen (secondary N) is 2. The van der Waals surface area contributed by atoms with Gasteiger partial charge in [-0.05, 0) is 130 Å². The van der Waals surface area contributed by atoms with Gasteiger partial charge in [-0.2, -0.15) is 0 Å². The summed E-state index contributed by atoms with van der Waals surface area (Å²) in [7, 11) is 4.47. The number of carbonyl (C=O) groups is 5. The molecule has 7 rings (SSSR count). The first kappa shape index (κ1) is 42.7. The number of methoxy groups -OCH3 is 2. The van der Waals surface area contributed by atoms with Crippen molar-refractivity contribution in [2.24, 2.45) is 0 Å². The average molecular weight is 834 g/mol. The van der Waals surface area contributed by atoms with Crippen LogP contribution in [0.1, 0.15) is 96.7 Å². The number of likely N-dealkylation sites (tertiary alicyclic amines) is 1. The molecule has 1 saturated carbocycles. The summed E-state index contributed by atoms with van der Waals surface area (Å²) in [6.45, 7) is 2.31. The molecule has 13 heteroatoms. The second-order valence-electron chi connectivity index (χ2n) is 16.2. The number of amides is 3. The highest BCUT2D eigenvalue weighted by Gasteiger charge is 2.36. The molecule has 1 aliphatic heterocycles. The van der Waals surface area contributed by atoms with Crippen molar-refractivity contribution in [1.29, 1.82) is 0 Å². The van der Waals surface area contributed by atoms with E-state index in [9.17, 15) is 24.0 Å². The largest absolute Gasteiger partial charge is 0.468 e. The summed E-state index contributed by atoms with van der Waals surface area (Å²) in [6.07, 6.45) is 9.40. The van der Waals surface area contributed by atoms with E-state index in [1.54, 1.807) is 24.1 Å². The fourth-order valence-corrected chi connectivity index (χ4v) is 9.62. The maximum absolute atomic E-state index is 14.0. The van der Waals surface area contributed by atoms with Gasteiger partial charge >= 0.3 is 11.9 Å². The van der Waals surface area contributed by atoms with Crippen LogP contribution in [0.3, 0.4) is 0 Å². The van der Waals surface area contributed by atoms with Gasteiger partial charge in [0.25, 0.3) is 11.8 Å². The molecular formula is C47H55N5O7S. The predicted octanol–water partition coefficient (Wildman–Crippen LogP) is 6.76. The van der Waals surface area contributed by atoms with Crippen molar-refractivity contribution < 1.29 is 33.4 Å². The summed E-state index contributed by atoms with van der Waals surface area (Å²) in [5.74, 6) is -1.16. The molecule has 2 N–H and O–H groups in total. The molecule has 4 aromatic rings. The second-order valence-corrected chi connectivity index (χ2v) is 17.3. The highest BCUT2D eigenvalue weighted by atomic mass is 32.1. The maximum Gasteiger partial charge on any atom is 0.337 e. The van der Waals surface area contributed by atoms with E-state index < -0.39 is 0 Å². The van der Waals surface area contributed by atoms with Crippen LogP contribution in [0.4, 0.5) is 10.7 Å². The van der Waals surface area contributed by atoms with E-state index in [2.05, 4.69) is 21.6 Å². The highest BCUT2D eigenvalue weighted by molar-refractivity contribution is 7.17. The summed E-state index contributed by atoms with van der Waals surface area (Å²) >= 11 is 1.51.